The van der Waals surface area contributed by atoms with E-state index < -0.39 is 5.60 Å². The molecular formula is C18H24N6O2. The van der Waals surface area contributed by atoms with E-state index in [4.69, 9.17) is 0 Å². The zero-order valence-electron chi connectivity index (χ0n) is 15.1. The summed E-state index contributed by atoms with van der Waals surface area (Å²) in [4.78, 5) is 28.7. The molecule has 0 aromatic carbocycles. The van der Waals surface area contributed by atoms with Crippen LogP contribution >= 0.6 is 0 Å². The second kappa shape index (κ2) is 7.65. The molecule has 1 saturated heterocycles. The molecular weight excluding hydrogens is 332 g/mol. The number of rotatable bonds is 5. The average molecular weight is 356 g/mol. The highest BCUT2D eigenvalue weighted by Gasteiger charge is 2.34. The molecule has 0 radical (unpaired) electrons. The van der Waals surface area contributed by atoms with E-state index in [2.05, 4.69) is 20.3 Å². The van der Waals surface area contributed by atoms with Gasteiger partial charge in [0.25, 0.3) is 5.91 Å². The standard InChI is InChI=1S/C18H24N6O2/c1-23(2)15-9-16(22-13-21-15)24-8-4-6-18(26,12-24)11-20-17(25)14-5-3-7-19-10-14/h3,5,7,9-10,13,26H,4,6,8,11-12H2,1-2H3,(H,20,25). The van der Waals surface area contributed by atoms with Crippen LogP contribution in [0.25, 0.3) is 0 Å². The number of pyridine rings is 1. The predicted molar refractivity (Wildman–Crippen MR) is 99.3 cm³/mol. The van der Waals surface area contributed by atoms with Crippen molar-refractivity contribution in [1.82, 2.24) is 20.3 Å². The van der Waals surface area contributed by atoms with E-state index in [1.807, 2.05) is 30.0 Å². The number of piperidine rings is 1. The molecule has 0 spiro atoms. The molecule has 0 aliphatic carbocycles. The molecule has 1 aliphatic heterocycles. The average Bonchev–Trinajstić information content (AvgIpc) is 2.67. The third-order valence-electron chi connectivity index (χ3n) is 4.48. The van der Waals surface area contributed by atoms with Crippen molar-refractivity contribution in [2.45, 2.75) is 18.4 Å². The molecule has 1 atom stereocenters. The summed E-state index contributed by atoms with van der Waals surface area (Å²) in [5.74, 6) is 1.36. The molecule has 3 heterocycles. The summed E-state index contributed by atoms with van der Waals surface area (Å²) in [6.45, 7) is 1.40. The Kier molecular flexibility index (Phi) is 5.32. The quantitative estimate of drug-likeness (QED) is 0.814. The number of nitrogens with one attached hydrogen (secondary N) is 1. The van der Waals surface area contributed by atoms with Gasteiger partial charge in [0.05, 0.1) is 11.2 Å². The van der Waals surface area contributed by atoms with Crippen LogP contribution in [0.1, 0.15) is 23.2 Å². The molecule has 2 aromatic heterocycles. The van der Waals surface area contributed by atoms with Crippen LogP contribution < -0.4 is 15.1 Å². The maximum Gasteiger partial charge on any atom is 0.252 e. The highest BCUT2D eigenvalue weighted by molar-refractivity contribution is 5.93. The number of hydrogen-bond acceptors (Lipinski definition) is 7. The Bertz CT molecular complexity index is 754. The Labute approximate surface area is 152 Å². The van der Waals surface area contributed by atoms with Crippen LogP contribution in [-0.2, 0) is 0 Å². The lowest BCUT2D eigenvalue weighted by Crippen LogP contribution is -2.54. The molecule has 1 unspecified atom stereocenters. The summed E-state index contributed by atoms with van der Waals surface area (Å²) >= 11 is 0. The van der Waals surface area contributed by atoms with Gasteiger partial charge in [-0.15, -0.1) is 0 Å². The first-order valence-corrected chi connectivity index (χ1v) is 8.62. The van der Waals surface area contributed by atoms with Gasteiger partial charge in [-0.05, 0) is 25.0 Å². The van der Waals surface area contributed by atoms with E-state index in [0.717, 1.165) is 24.6 Å². The highest BCUT2D eigenvalue weighted by Crippen LogP contribution is 2.25. The minimum atomic E-state index is -1.00. The summed E-state index contributed by atoms with van der Waals surface area (Å²) in [6, 6.07) is 5.31. The molecule has 0 bridgehead atoms. The van der Waals surface area contributed by atoms with E-state index in [-0.39, 0.29) is 12.5 Å². The lowest BCUT2D eigenvalue weighted by Gasteiger charge is -2.40. The van der Waals surface area contributed by atoms with Gasteiger partial charge >= 0.3 is 0 Å². The van der Waals surface area contributed by atoms with Crippen molar-refractivity contribution < 1.29 is 9.90 Å². The summed E-state index contributed by atoms with van der Waals surface area (Å²) < 4.78 is 0. The van der Waals surface area contributed by atoms with Crippen LogP contribution in [0.2, 0.25) is 0 Å². The van der Waals surface area contributed by atoms with Crippen molar-refractivity contribution >= 4 is 17.5 Å². The van der Waals surface area contributed by atoms with E-state index in [1.165, 1.54) is 12.5 Å². The highest BCUT2D eigenvalue weighted by atomic mass is 16.3. The summed E-state index contributed by atoms with van der Waals surface area (Å²) in [5.41, 5.74) is -0.519. The van der Waals surface area contributed by atoms with Crippen LogP contribution in [0.4, 0.5) is 11.6 Å². The topological polar surface area (TPSA) is 94.5 Å². The van der Waals surface area contributed by atoms with Crippen molar-refractivity contribution in [2.24, 2.45) is 0 Å². The van der Waals surface area contributed by atoms with Crippen molar-refractivity contribution in [3.63, 3.8) is 0 Å². The molecule has 8 heteroatoms. The van der Waals surface area contributed by atoms with E-state index in [1.54, 1.807) is 18.3 Å². The monoisotopic (exact) mass is 356 g/mol. The van der Waals surface area contributed by atoms with Gasteiger partial charge < -0.3 is 20.2 Å². The van der Waals surface area contributed by atoms with Crippen molar-refractivity contribution in [3.8, 4) is 0 Å². The van der Waals surface area contributed by atoms with E-state index in [9.17, 15) is 9.90 Å². The van der Waals surface area contributed by atoms with Crippen LogP contribution in [0.5, 0.6) is 0 Å². The first kappa shape index (κ1) is 18.1. The predicted octanol–water partition coefficient (Wildman–Crippen LogP) is 0.699. The summed E-state index contributed by atoms with van der Waals surface area (Å²) in [7, 11) is 3.85. The second-order valence-corrected chi connectivity index (χ2v) is 6.80. The van der Waals surface area contributed by atoms with Gasteiger partial charge in [-0.25, -0.2) is 9.97 Å². The summed E-state index contributed by atoms with van der Waals surface area (Å²) in [5, 5.41) is 13.8. The van der Waals surface area contributed by atoms with Gasteiger partial charge in [-0.3, -0.25) is 9.78 Å². The fourth-order valence-corrected chi connectivity index (χ4v) is 3.05. The normalized spacial score (nSPS) is 19.9. The Morgan fingerprint density at radius 1 is 1.42 bits per heavy atom. The molecule has 1 aliphatic rings. The fraction of sp³-hybridized carbons (Fsp3) is 0.444. The minimum absolute atomic E-state index is 0.183. The number of nitrogens with zero attached hydrogens (tertiary/aromatic N) is 5. The lowest BCUT2D eigenvalue weighted by atomic mass is 9.92. The number of anilines is 2. The van der Waals surface area contributed by atoms with Crippen molar-refractivity contribution in [1.29, 1.82) is 0 Å². The summed E-state index contributed by atoms with van der Waals surface area (Å²) in [6.07, 6.45) is 6.11. The SMILES string of the molecule is CN(C)c1cc(N2CCCC(O)(CNC(=O)c3cccnc3)C2)ncn1. The van der Waals surface area contributed by atoms with Crippen molar-refractivity contribution in [2.75, 3.05) is 43.5 Å². The van der Waals surface area contributed by atoms with Gasteiger partial charge in [0, 0.05) is 52.2 Å². The third-order valence-corrected chi connectivity index (χ3v) is 4.48. The zero-order chi connectivity index (χ0) is 18.6. The largest absolute Gasteiger partial charge is 0.386 e. The van der Waals surface area contributed by atoms with Gasteiger partial charge in [0.2, 0.25) is 0 Å². The number of aliphatic hydroxyl groups is 1. The van der Waals surface area contributed by atoms with Gasteiger partial charge in [0.15, 0.2) is 0 Å². The number of carbonyl (C=O) groups is 1. The molecule has 2 N–H and O–H groups in total. The number of aromatic nitrogens is 3. The Hall–Kier alpha value is -2.74. The molecule has 1 amide bonds. The zero-order valence-corrected chi connectivity index (χ0v) is 15.1. The molecule has 138 valence electrons. The van der Waals surface area contributed by atoms with Gasteiger partial charge in [0.1, 0.15) is 18.0 Å². The maximum absolute atomic E-state index is 12.2. The van der Waals surface area contributed by atoms with Crippen molar-refractivity contribution in [3.05, 3.63) is 42.5 Å². The van der Waals surface area contributed by atoms with Crippen LogP contribution in [0, 0.1) is 0 Å². The van der Waals surface area contributed by atoms with Gasteiger partial charge in [-0.2, -0.15) is 0 Å². The molecule has 3 rings (SSSR count). The maximum atomic E-state index is 12.2. The smallest absolute Gasteiger partial charge is 0.252 e. The molecule has 2 aromatic rings. The molecule has 8 nitrogen and oxygen atoms in total. The van der Waals surface area contributed by atoms with Crippen LogP contribution in [-0.4, -0.2) is 65.3 Å². The van der Waals surface area contributed by atoms with E-state index >= 15 is 0 Å². The minimum Gasteiger partial charge on any atom is -0.386 e. The Morgan fingerprint density at radius 2 is 2.27 bits per heavy atom. The number of amides is 1. The first-order valence-electron chi connectivity index (χ1n) is 8.62. The molecule has 26 heavy (non-hydrogen) atoms. The number of hydrogen-bond donors (Lipinski definition) is 2. The lowest BCUT2D eigenvalue weighted by molar-refractivity contribution is 0.0254. The van der Waals surface area contributed by atoms with Crippen LogP contribution in [0.3, 0.4) is 0 Å². The Balaban J connectivity index is 1.65. The first-order chi connectivity index (χ1) is 12.5. The second-order valence-electron chi connectivity index (χ2n) is 6.80. The molecule has 0 saturated carbocycles. The van der Waals surface area contributed by atoms with E-state index in [0.29, 0.717) is 18.5 Å². The number of β-amino-alcohol motifs (C(OH)–C–C–N with tert-alkyl or cyclic N) is 1. The number of carbonyl (C=O) groups excluding carboxylic acids is 1. The van der Waals surface area contributed by atoms with Gasteiger partial charge in [-0.1, -0.05) is 0 Å². The van der Waals surface area contributed by atoms with Crippen LogP contribution in [0.15, 0.2) is 36.9 Å². The third kappa shape index (κ3) is 4.26. The molecule has 1 fully saturated rings. The fourth-order valence-electron chi connectivity index (χ4n) is 3.05. The Morgan fingerprint density at radius 3 is 3.00 bits per heavy atom.